The highest BCUT2D eigenvalue weighted by atomic mass is 32.1. The molecule has 2 aromatic rings. The van der Waals surface area contributed by atoms with E-state index in [2.05, 4.69) is 15.0 Å². The summed E-state index contributed by atoms with van der Waals surface area (Å²) in [5.74, 6) is -0.718. The van der Waals surface area contributed by atoms with Crippen molar-refractivity contribution in [2.75, 3.05) is 0 Å². The Hall–Kier alpha value is -1.82. The smallest absolute Gasteiger partial charge is 0.354 e. The second-order valence-corrected chi connectivity index (χ2v) is 3.88. The fraction of sp³-hybridized carbons (Fsp3) is 0.111. The lowest BCUT2D eigenvalue weighted by molar-refractivity contribution is 0.0690. The van der Waals surface area contributed by atoms with E-state index in [-0.39, 0.29) is 5.69 Å². The van der Waals surface area contributed by atoms with Crippen LogP contribution in [0.4, 0.5) is 0 Å². The Bertz CT molecular complexity index is 510. The van der Waals surface area contributed by atoms with Gasteiger partial charge in [-0.25, -0.2) is 19.7 Å². The van der Waals surface area contributed by atoms with Crippen LogP contribution in [0.5, 0.6) is 0 Å². The highest BCUT2D eigenvalue weighted by Crippen LogP contribution is 2.17. The normalized spacial score (nSPS) is 10.2. The second kappa shape index (κ2) is 3.74. The van der Waals surface area contributed by atoms with E-state index in [1.165, 1.54) is 23.6 Å². The lowest BCUT2D eigenvalue weighted by atomic mass is 10.4. The highest BCUT2D eigenvalue weighted by molar-refractivity contribution is 7.09. The van der Waals surface area contributed by atoms with Gasteiger partial charge in [0.15, 0.2) is 11.5 Å². The molecule has 0 amide bonds. The molecule has 2 rings (SSSR count). The summed E-state index contributed by atoms with van der Waals surface area (Å²) in [5.41, 5.74) is 0.589. The molecular weight excluding hydrogens is 214 g/mol. The molecule has 0 aromatic carbocycles. The number of aryl methyl sites for hydroxylation is 1. The first-order valence-corrected chi connectivity index (χ1v) is 5.03. The first kappa shape index (κ1) is 9.72. The van der Waals surface area contributed by atoms with Crippen LogP contribution in [0.2, 0.25) is 0 Å². The van der Waals surface area contributed by atoms with Crippen molar-refractivity contribution in [3.05, 3.63) is 28.3 Å². The number of hydrogen-bond donors (Lipinski definition) is 1. The Morgan fingerprint density at radius 3 is 2.87 bits per heavy atom. The van der Waals surface area contributed by atoms with Gasteiger partial charge in [-0.2, -0.15) is 0 Å². The number of carboxylic acids is 1. The monoisotopic (exact) mass is 221 g/mol. The Labute approximate surface area is 89.5 Å². The van der Waals surface area contributed by atoms with Gasteiger partial charge in [-0.15, -0.1) is 11.3 Å². The molecular formula is C9H7N3O2S. The SMILES string of the molecule is Cc1nc(-c2nccc(C(=O)O)n2)cs1. The molecule has 0 radical (unpaired) electrons. The third-order valence-electron chi connectivity index (χ3n) is 1.72. The van der Waals surface area contributed by atoms with Crippen molar-refractivity contribution in [1.82, 2.24) is 15.0 Å². The molecule has 1 N–H and O–H groups in total. The van der Waals surface area contributed by atoms with E-state index in [0.717, 1.165) is 5.01 Å². The van der Waals surface area contributed by atoms with Gasteiger partial charge < -0.3 is 5.11 Å². The van der Waals surface area contributed by atoms with Crippen LogP contribution in [-0.4, -0.2) is 26.0 Å². The van der Waals surface area contributed by atoms with Crippen molar-refractivity contribution in [1.29, 1.82) is 0 Å². The summed E-state index contributed by atoms with van der Waals surface area (Å²) < 4.78 is 0. The summed E-state index contributed by atoms with van der Waals surface area (Å²) in [6, 6.07) is 1.35. The van der Waals surface area contributed by atoms with Crippen LogP contribution in [0.25, 0.3) is 11.5 Å². The molecule has 0 unspecified atom stereocenters. The number of nitrogens with zero attached hydrogens (tertiary/aromatic N) is 3. The molecule has 5 nitrogen and oxygen atoms in total. The molecule has 0 bridgehead atoms. The van der Waals surface area contributed by atoms with E-state index in [1.54, 1.807) is 5.38 Å². The Balaban J connectivity index is 2.45. The van der Waals surface area contributed by atoms with Crippen LogP contribution in [0.3, 0.4) is 0 Å². The van der Waals surface area contributed by atoms with E-state index in [4.69, 9.17) is 5.11 Å². The third-order valence-corrected chi connectivity index (χ3v) is 2.50. The molecule has 0 aliphatic rings. The van der Waals surface area contributed by atoms with E-state index < -0.39 is 5.97 Å². The largest absolute Gasteiger partial charge is 0.477 e. The summed E-state index contributed by atoms with van der Waals surface area (Å²) in [5, 5.41) is 11.5. The van der Waals surface area contributed by atoms with Crippen molar-refractivity contribution < 1.29 is 9.90 Å². The molecule has 0 saturated carbocycles. The number of carbonyl (C=O) groups is 1. The molecule has 6 heteroatoms. The Kier molecular flexibility index (Phi) is 2.42. The van der Waals surface area contributed by atoms with Gasteiger partial charge >= 0.3 is 5.97 Å². The maximum atomic E-state index is 10.7. The fourth-order valence-electron chi connectivity index (χ4n) is 1.07. The molecule has 0 fully saturated rings. The van der Waals surface area contributed by atoms with Gasteiger partial charge in [-0.1, -0.05) is 0 Å². The van der Waals surface area contributed by atoms with Crippen LogP contribution in [-0.2, 0) is 0 Å². The summed E-state index contributed by atoms with van der Waals surface area (Å²) in [6.45, 7) is 1.87. The number of aromatic nitrogens is 3. The van der Waals surface area contributed by atoms with Crippen LogP contribution < -0.4 is 0 Å². The average Bonchev–Trinajstić information content (AvgIpc) is 2.65. The highest BCUT2D eigenvalue weighted by Gasteiger charge is 2.09. The molecule has 0 aliphatic carbocycles. The number of thiazole rings is 1. The van der Waals surface area contributed by atoms with Crippen LogP contribution in [0.15, 0.2) is 17.6 Å². The maximum absolute atomic E-state index is 10.7. The molecule has 0 aliphatic heterocycles. The molecule has 0 spiro atoms. The van der Waals surface area contributed by atoms with Gasteiger partial charge in [0.2, 0.25) is 0 Å². The van der Waals surface area contributed by atoms with E-state index in [0.29, 0.717) is 11.5 Å². The van der Waals surface area contributed by atoms with Crippen molar-refractivity contribution in [2.24, 2.45) is 0 Å². The van der Waals surface area contributed by atoms with Crippen molar-refractivity contribution in [3.63, 3.8) is 0 Å². The zero-order valence-electron chi connectivity index (χ0n) is 7.84. The van der Waals surface area contributed by atoms with Gasteiger partial charge in [-0.05, 0) is 13.0 Å². The molecule has 0 atom stereocenters. The van der Waals surface area contributed by atoms with Gasteiger partial charge in [-0.3, -0.25) is 0 Å². The third kappa shape index (κ3) is 1.99. The lowest BCUT2D eigenvalue weighted by Gasteiger charge is -1.96. The van der Waals surface area contributed by atoms with Gasteiger partial charge in [0.1, 0.15) is 5.69 Å². The molecule has 0 saturated heterocycles. The minimum absolute atomic E-state index is 0.0225. The quantitative estimate of drug-likeness (QED) is 0.833. The predicted molar refractivity (Wildman–Crippen MR) is 54.8 cm³/mol. The first-order valence-electron chi connectivity index (χ1n) is 4.15. The van der Waals surface area contributed by atoms with Gasteiger partial charge in [0.25, 0.3) is 0 Å². The average molecular weight is 221 g/mol. The molecule has 15 heavy (non-hydrogen) atoms. The summed E-state index contributed by atoms with van der Waals surface area (Å²) in [6.07, 6.45) is 1.42. The minimum atomic E-state index is -1.06. The second-order valence-electron chi connectivity index (χ2n) is 2.82. The van der Waals surface area contributed by atoms with Crippen LogP contribution >= 0.6 is 11.3 Å². The Morgan fingerprint density at radius 2 is 2.27 bits per heavy atom. The fourth-order valence-corrected chi connectivity index (χ4v) is 1.66. The zero-order chi connectivity index (χ0) is 10.8. The lowest BCUT2D eigenvalue weighted by Crippen LogP contribution is -2.02. The van der Waals surface area contributed by atoms with Crippen molar-refractivity contribution >= 4 is 17.3 Å². The standard InChI is InChI=1S/C9H7N3O2S/c1-5-11-7(4-15-5)8-10-3-2-6(12-8)9(13)14/h2-4H,1H3,(H,13,14). The number of rotatable bonds is 2. The van der Waals surface area contributed by atoms with Crippen LogP contribution in [0, 0.1) is 6.92 Å². The topological polar surface area (TPSA) is 76.0 Å². The van der Waals surface area contributed by atoms with Crippen molar-refractivity contribution in [2.45, 2.75) is 6.92 Å². The summed E-state index contributed by atoms with van der Waals surface area (Å²) in [4.78, 5) is 22.7. The van der Waals surface area contributed by atoms with E-state index >= 15 is 0 Å². The van der Waals surface area contributed by atoms with Crippen LogP contribution in [0.1, 0.15) is 15.5 Å². The molecule has 76 valence electrons. The maximum Gasteiger partial charge on any atom is 0.354 e. The predicted octanol–water partition coefficient (Wildman–Crippen LogP) is 1.61. The zero-order valence-corrected chi connectivity index (χ0v) is 8.65. The minimum Gasteiger partial charge on any atom is -0.477 e. The Morgan fingerprint density at radius 1 is 1.47 bits per heavy atom. The van der Waals surface area contributed by atoms with Crippen molar-refractivity contribution in [3.8, 4) is 11.5 Å². The number of carboxylic acid groups (broad SMARTS) is 1. The summed E-state index contributed by atoms with van der Waals surface area (Å²) in [7, 11) is 0. The number of aromatic carboxylic acids is 1. The first-order chi connectivity index (χ1) is 7.16. The molecule has 2 aromatic heterocycles. The number of hydrogen-bond acceptors (Lipinski definition) is 5. The van der Waals surface area contributed by atoms with E-state index in [9.17, 15) is 4.79 Å². The van der Waals surface area contributed by atoms with Gasteiger partial charge in [0.05, 0.1) is 5.01 Å². The molecule has 2 heterocycles. The van der Waals surface area contributed by atoms with Gasteiger partial charge in [0, 0.05) is 11.6 Å². The van der Waals surface area contributed by atoms with E-state index in [1.807, 2.05) is 6.92 Å². The summed E-state index contributed by atoms with van der Waals surface area (Å²) >= 11 is 1.47.